The Balaban J connectivity index is 1.62. The maximum absolute atomic E-state index is 12.6. The van der Waals surface area contributed by atoms with Gasteiger partial charge in [-0.2, -0.15) is 5.10 Å². The predicted molar refractivity (Wildman–Crippen MR) is 96.0 cm³/mol. The van der Waals surface area contributed by atoms with Gasteiger partial charge in [-0.05, 0) is 19.8 Å². The molecule has 1 aromatic rings. The van der Waals surface area contributed by atoms with Gasteiger partial charge in [-0.15, -0.1) is 0 Å². The zero-order valence-corrected chi connectivity index (χ0v) is 16.2. The van der Waals surface area contributed by atoms with Crippen LogP contribution < -0.4 is 5.69 Å². The van der Waals surface area contributed by atoms with Crippen molar-refractivity contribution in [1.29, 1.82) is 0 Å². The first-order chi connectivity index (χ1) is 12.8. The van der Waals surface area contributed by atoms with Crippen molar-refractivity contribution < 1.29 is 14.4 Å². The van der Waals surface area contributed by atoms with E-state index in [1.54, 1.807) is 23.6 Å². The third kappa shape index (κ3) is 3.24. The topological polar surface area (TPSA) is 101 Å². The minimum Gasteiger partial charge on any atom is -0.343 e. The van der Waals surface area contributed by atoms with Crippen LogP contribution in [0.15, 0.2) is 4.79 Å². The highest BCUT2D eigenvalue weighted by Gasteiger charge is 2.42. The molecule has 1 aromatic heterocycles. The molecule has 27 heavy (non-hydrogen) atoms. The van der Waals surface area contributed by atoms with E-state index in [0.717, 1.165) is 23.6 Å². The lowest BCUT2D eigenvalue weighted by atomic mass is 9.95. The molecule has 2 saturated heterocycles. The number of rotatable bonds is 4. The zero-order chi connectivity index (χ0) is 19.9. The van der Waals surface area contributed by atoms with Crippen LogP contribution in [0, 0.1) is 0 Å². The summed E-state index contributed by atoms with van der Waals surface area (Å²) in [6.07, 6.45) is 1.43. The van der Waals surface area contributed by atoms with Crippen LogP contribution in [-0.2, 0) is 23.2 Å². The number of imide groups is 1. The number of hydrogen-bond donors (Lipinski definition) is 0. The number of amides is 4. The molecule has 0 saturated carbocycles. The van der Waals surface area contributed by atoms with Crippen LogP contribution in [0.25, 0.3) is 0 Å². The quantitative estimate of drug-likeness (QED) is 0.663. The monoisotopic (exact) mass is 378 g/mol. The highest BCUT2D eigenvalue weighted by Crippen LogP contribution is 2.27. The Morgan fingerprint density at radius 2 is 1.74 bits per heavy atom. The van der Waals surface area contributed by atoms with Gasteiger partial charge in [-0.25, -0.2) is 14.3 Å². The number of likely N-dealkylation sites (tertiary alicyclic amines) is 1. The largest absolute Gasteiger partial charge is 0.345 e. The van der Waals surface area contributed by atoms with Gasteiger partial charge in [-0.3, -0.25) is 19.1 Å². The van der Waals surface area contributed by atoms with Crippen molar-refractivity contribution in [1.82, 2.24) is 29.0 Å². The number of carbonyl (C=O) groups is 3. The maximum Gasteiger partial charge on any atom is 0.345 e. The van der Waals surface area contributed by atoms with E-state index in [2.05, 4.69) is 5.10 Å². The molecule has 0 radical (unpaired) electrons. The molecule has 0 aliphatic carbocycles. The number of piperidine rings is 1. The fourth-order valence-corrected chi connectivity index (χ4v) is 3.88. The summed E-state index contributed by atoms with van der Waals surface area (Å²) < 4.78 is 3.03. The van der Waals surface area contributed by atoms with Gasteiger partial charge in [-0.1, -0.05) is 0 Å². The lowest BCUT2D eigenvalue weighted by Crippen LogP contribution is -2.43. The van der Waals surface area contributed by atoms with Crippen LogP contribution in [0.4, 0.5) is 4.79 Å². The second-order valence-corrected chi connectivity index (χ2v) is 7.17. The second kappa shape index (κ2) is 7.16. The average Bonchev–Trinajstić information content (AvgIpc) is 3.05. The number of carbonyl (C=O) groups excluding carboxylic acids is 3. The van der Waals surface area contributed by atoms with Gasteiger partial charge in [0.2, 0.25) is 5.91 Å². The standard InChI is InChI=1S/C17H26N6O4/c1-5-23-14(18-21(4)17(23)27)11-6-8-22(9-7-11)13(24)10-12-15(25)20(3)16(26)19(12)2/h11-12H,5-10H2,1-4H3. The number of aryl methyl sites for hydroxylation is 1. The van der Waals surface area contributed by atoms with Gasteiger partial charge in [0.1, 0.15) is 11.9 Å². The van der Waals surface area contributed by atoms with Crippen molar-refractivity contribution >= 4 is 17.8 Å². The maximum atomic E-state index is 12.6. The smallest absolute Gasteiger partial charge is 0.343 e. The molecule has 0 spiro atoms. The van der Waals surface area contributed by atoms with E-state index in [1.165, 1.54) is 16.6 Å². The SMILES string of the molecule is CCn1c(C2CCN(C(=O)CC3C(=O)N(C)C(=O)N3C)CC2)nn(C)c1=O. The Morgan fingerprint density at radius 1 is 1.11 bits per heavy atom. The molecule has 0 aromatic carbocycles. The fraction of sp³-hybridized carbons (Fsp3) is 0.706. The first kappa shape index (κ1) is 19.1. The second-order valence-electron chi connectivity index (χ2n) is 7.17. The van der Waals surface area contributed by atoms with Crippen LogP contribution in [-0.4, -0.2) is 80.1 Å². The molecule has 2 aliphatic rings. The molecule has 0 N–H and O–H groups in total. The molecular formula is C17H26N6O4. The third-order valence-electron chi connectivity index (χ3n) is 5.61. The summed E-state index contributed by atoms with van der Waals surface area (Å²) in [5.41, 5.74) is -0.123. The molecular weight excluding hydrogens is 352 g/mol. The van der Waals surface area contributed by atoms with Crippen LogP contribution in [0.1, 0.15) is 37.9 Å². The molecule has 3 rings (SSSR count). The lowest BCUT2D eigenvalue weighted by molar-refractivity contribution is -0.137. The van der Waals surface area contributed by atoms with E-state index in [1.807, 2.05) is 6.92 Å². The molecule has 2 aliphatic heterocycles. The van der Waals surface area contributed by atoms with E-state index in [0.29, 0.717) is 19.6 Å². The average molecular weight is 378 g/mol. The number of likely N-dealkylation sites (N-methyl/N-ethyl adjacent to an activating group) is 2. The summed E-state index contributed by atoms with van der Waals surface area (Å²) in [5.74, 6) is 0.434. The van der Waals surface area contributed by atoms with Crippen molar-refractivity contribution in [3.8, 4) is 0 Å². The van der Waals surface area contributed by atoms with Crippen molar-refractivity contribution in [3.63, 3.8) is 0 Å². The zero-order valence-electron chi connectivity index (χ0n) is 16.2. The Morgan fingerprint density at radius 3 is 2.26 bits per heavy atom. The van der Waals surface area contributed by atoms with Gasteiger partial charge in [0.05, 0.1) is 6.42 Å². The molecule has 148 valence electrons. The van der Waals surface area contributed by atoms with Gasteiger partial charge >= 0.3 is 11.7 Å². The Bertz CT molecular complexity index is 820. The van der Waals surface area contributed by atoms with Gasteiger partial charge in [0, 0.05) is 46.7 Å². The Labute approximate surface area is 157 Å². The summed E-state index contributed by atoms with van der Waals surface area (Å²) >= 11 is 0. The molecule has 10 nitrogen and oxygen atoms in total. The number of nitrogens with zero attached hydrogens (tertiary/aromatic N) is 6. The highest BCUT2D eigenvalue weighted by molar-refractivity contribution is 6.05. The molecule has 2 fully saturated rings. The van der Waals surface area contributed by atoms with Crippen LogP contribution in [0.3, 0.4) is 0 Å². The minimum atomic E-state index is -0.728. The molecule has 3 heterocycles. The summed E-state index contributed by atoms with van der Waals surface area (Å²) in [6.45, 7) is 3.58. The first-order valence-corrected chi connectivity index (χ1v) is 9.22. The third-order valence-corrected chi connectivity index (χ3v) is 5.61. The predicted octanol–water partition coefficient (Wildman–Crippen LogP) is -0.410. The van der Waals surface area contributed by atoms with E-state index in [9.17, 15) is 19.2 Å². The number of hydrogen-bond acceptors (Lipinski definition) is 5. The van der Waals surface area contributed by atoms with Crippen molar-refractivity contribution in [2.45, 2.75) is 44.7 Å². The number of urea groups is 1. The van der Waals surface area contributed by atoms with E-state index in [-0.39, 0.29) is 35.9 Å². The summed E-state index contributed by atoms with van der Waals surface area (Å²) in [6, 6.07) is -1.11. The Hall–Kier alpha value is -2.65. The summed E-state index contributed by atoms with van der Waals surface area (Å²) in [4.78, 5) is 52.8. The summed E-state index contributed by atoms with van der Waals surface area (Å²) in [5, 5.41) is 4.36. The van der Waals surface area contributed by atoms with Gasteiger partial charge in [0.25, 0.3) is 5.91 Å². The van der Waals surface area contributed by atoms with E-state index >= 15 is 0 Å². The Kier molecular flexibility index (Phi) is 5.07. The highest BCUT2D eigenvalue weighted by atomic mass is 16.2. The number of aromatic nitrogens is 3. The fourth-order valence-electron chi connectivity index (χ4n) is 3.88. The van der Waals surface area contributed by atoms with Crippen LogP contribution in [0.5, 0.6) is 0 Å². The lowest BCUT2D eigenvalue weighted by Gasteiger charge is -2.32. The van der Waals surface area contributed by atoms with Crippen LogP contribution >= 0.6 is 0 Å². The minimum absolute atomic E-state index is 0.000660. The molecule has 0 bridgehead atoms. The van der Waals surface area contributed by atoms with Crippen molar-refractivity contribution in [2.24, 2.45) is 7.05 Å². The molecule has 1 unspecified atom stereocenters. The van der Waals surface area contributed by atoms with Gasteiger partial charge < -0.3 is 9.80 Å². The van der Waals surface area contributed by atoms with E-state index in [4.69, 9.17) is 0 Å². The first-order valence-electron chi connectivity index (χ1n) is 9.22. The molecule has 10 heteroatoms. The molecule has 4 amide bonds. The van der Waals surface area contributed by atoms with Crippen LogP contribution in [0.2, 0.25) is 0 Å². The van der Waals surface area contributed by atoms with E-state index < -0.39 is 6.04 Å². The summed E-state index contributed by atoms with van der Waals surface area (Å²) in [7, 11) is 4.61. The van der Waals surface area contributed by atoms with Crippen molar-refractivity contribution in [3.05, 3.63) is 16.3 Å². The molecule has 1 atom stereocenters. The van der Waals surface area contributed by atoms with Crippen molar-refractivity contribution in [2.75, 3.05) is 27.2 Å². The normalized spacial score (nSPS) is 21.5. The van der Waals surface area contributed by atoms with Gasteiger partial charge in [0.15, 0.2) is 0 Å².